The number of aliphatic carboxylic acids is 1. The molecule has 0 saturated carbocycles. The molecule has 0 aliphatic rings. The molecule has 2 amide bonds. The summed E-state index contributed by atoms with van der Waals surface area (Å²) in [6, 6.07) is 11.6. The number of unbranched alkanes of at least 4 members (excludes halogenated alkanes) is 1. The minimum atomic E-state index is -1.13. The molecule has 0 aliphatic heterocycles. The third kappa shape index (κ3) is 6.42. The third-order valence-electron chi connectivity index (χ3n) is 8.72. The number of carboxylic acid groups (broad SMARTS) is 1. The quantitative estimate of drug-likeness (QED) is 0.132. The highest BCUT2D eigenvalue weighted by atomic mass is 16.4. The number of aromatic amines is 1. The molecular weight excluding hydrogens is 588 g/mol. The van der Waals surface area contributed by atoms with Gasteiger partial charge in [-0.1, -0.05) is 38.8 Å². The van der Waals surface area contributed by atoms with Crippen molar-refractivity contribution in [2.45, 2.75) is 71.9 Å². The third-order valence-corrected chi connectivity index (χ3v) is 8.72. The van der Waals surface area contributed by atoms with Gasteiger partial charge in [0, 0.05) is 39.8 Å². The lowest BCUT2D eigenvalue weighted by Gasteiger charge is -2.33. The van der Waals surface area contributed by atoms with E-state index in [0.717, 1.165) is 23.7 Å². The zero-order valence-electron chi connectivity index (χ0n) is 26.5. The van der Waals surface area contributed by atoms with E-state index in [-0.39, 0.29) is 28.9 Å². The van der Waals surface area contributed by atoms with Crippen molar-refractivity contribution < 1.29 is 23.9 Å². The molecule has 240 valence electrons. The summed E-state index contributed by atoms with van der Waals surface area (Å²) in [5.41, 5.74) is 1.62. The molecule has 5 aromatic rings. The number of hydrogen-bond acceptors (Lipinski definition) is 7. The number of aromatic nitrogens is 4. The number of aryl methyl sites for hydroxylation is 1. The molecule has 12 heteroatoms. The Hall–Kier alpha value is -5.26. The van der Waals surface area contributed by atoms with Crippen molar-refractivity contribution in [3.05, 3.63) is 87.7 Å². The van der Waals surface area contributed by atoms with E-state index in [1.807, 2.05) is 52.1 Å². The number of carbonyl (C=O) groups excluding carboxylic acids is 2. The standard InChI is InChI=1S/C34H38N6O6/c1-6-7-8-27(32(44)36-23-10-11-24-20(4)25(17-30(41)42)33(45)46-28(24)16-23)40-18-29(38-39-40)34(5,19(2)3)37-31(43)22-9-12-26-21(15-22)13-14-35-26/h9-16,18-19,27,35H,6-8,17H2,1-5H3,(H,36,44)(H,37,43)(H,41,42)/t27-,34-/m0/s1. The fourth-order valence-corrected chi connectivity index (χ4v) is 5.51. The second-order valence-electron chi connectivity index (χ2n) is 12.1. The number of nitrogens with one attached hydrogen (secondary N) is 3. The lowest BCUT2D eigenvalue weighted by atomic mass is 9.85. The highest BCUT2D eigenvalue weighted by Gasteiger charge is 2.36. The number of fused-ring (bicyclic) bond motifs is 2. The van der Waals surface area contributed by atoms with E-state index in [2.05, 4.69) is 25.9 Å². The fraction of sp³-hybridized carbons (Fsp3) is 0.353. The molecule has 0 bridgehead atoms. The summed E-state index contributed by atoms with van der Waals surface area (Å²) in [5.74, 6) is -1.77. The monoisotopic (exact) mass is 626 g/mol. The molecule has 12 nitrogen and oxygen atoms in total. The van der Waals surface area contributed by atoms with Crippen LogP contribution in [0.4, 0.5) is 5.69 Å². The van der Waals surface area contributed by atoms with Gasteiger partial charge < -0.3 is 25.1 Å². The molecule has 0 radical (unpaired) electrons. The summed E-state index contributed by atoms with van der Waals surface area (Å²) < 4.78 is 6.95. The summed E-state index contributed by atoms with van der Waals surface area (Å²) in [6.45, 7) is 9.57. The van der Waals surface area contributed by atoms with E-state index in [0.29, 0.717) is 34.3 Å². The van der Waals surface area contributed by atoms with E-state index in [4.69, 9.17) is 9.52 Å². The number of rotatable bonds is 12. The van der Waals surface area contributed by atoms with Gasteiger partial charge in [-0.25, -0.2) is 9.48 Å². The predicted octanol–water partition coefficient (Wildman–Crippen LogP) is 5.47. The Labute approximate surface area is 265 Å². The van der Waals surface area contributed by atoms with Crippen molar-refractivity contribution in [1.29, 1.82) is 0 Å². The normalized spacial score (nSPS) is 13.5. The maximum atomic E-state index is 13.7. The number of H-pyrrole nitrogens is 1. The smallest absolute Gasteiger partial charge is 0.340 e. The Morgan fingerprint density at radius 3 is 2.63 bits per heavy atom. The first-order valence-electron chi connectivity index (χ1n) is 15.3. The van der Waals surface area contributed by atoms with Crippen LogP contribution < -0.4 is 16.3 Å². The van der Waals surface area contributed by atoms with Crippen LogP contribution in [0.2, 0.25) is 0 Å². The molecule has 2 aromatic carbocycles. The Bertz CT molecular complexity index is 1990. The van der Waals surface area contributed by atoms with Crippen LogP contribution in [0.3, 0.4) is 0 Å². The number of hydrogen-bond donors (Lipinski definition) is 4. The van der Waals surface area contributed by atoms with Gasteiger partial charge in [-0.3, -0.25) is 14.4 Å². The summed E-state index contributed by atoms with van der Waals surface area (Å²) >= 11 is 0. The molecule has 3 heterocycles. The lowest BCUT2D eigenvalue weighted by Crippen LogP contribution is -2.47. The largest absolute Gasteiger partial charge is 0.481 e. The highest BCUT2D eigenvalue weighted by Crippen LogP contribution is 2.30. The van der Waals surface area contributed by atoms with Crippen molar-refractivity contribution in [3.63, 3.8) is 0 Å². The number of carbonyl (C=O) groups is 3. The van der Waals surface area contributed by atoms with E-state index in [1.54, 1.807) is 37.4 Å². The molecule has 5 rings (SSSR count). The maximum Gasteiger partial charge on any atom is 0.340 e. The molecule has 2 atom stereocenters. The number of benzene rings is 2. The Morgan fingerprint density at radius 1 is 1.13 bits per heavy atom. The van der Waals surface area contributed by atoms with Gasteiger partial charge in [0.05, 0.1) is 23.7 Å². The molecule has 4 N–H and O–H groups in total. The summed E-state index contributed by atoms with van der Waals surface area (Å²) in [4.78, 5) is 53.9. The number of amides is 2. The zero-order valence-corrected chi connectivity index (χ0v) is 26.5. The highest BCUT2D eigenvalue weighted by molar-refractivity contribution is 5.98. The van der Waals surface area contributed by atoms with Gasteiger partial charge in [0.1, 0.15) is 17.3 Å². The van der Waals surface area contributed by atoms with Gasteiger partial charge in [-0.2, -0.15) is 0 Å². The van der Waals surface area contributed by atoms with Crippen LogP contribution in [0.15, 0.2) is 64.1 Å². The summed E-state index contributed by atoms with van der Waals surface area (Å²) in [7, 11) is 0. The van der Waals surface area contributed by atoms with Crippen molar-refractivity contribution in [2.75, 3.05) is 5.32 Å². The van der Waals surface area contributed by atoms with Gasteiger partial charge in [0.15, 0.2) is 0 Å². The van der Waals surface area contributed by atoms with Crippen LogP contribution in [-0.2, 0) is 21.5 Å². The number of anilines is 1. The second-order valence-corrected chi connectivity index (χ2v) is 12.1. The van der Waals surface area contributed by atoms with E-state index in [1.165, 1.54) is 4.68 Å². The SMILES string of the molecule is CCCC[C@@H](C(=O)Nc1ccc2c(C)c(CC(=O)O)c(=O)oc2c1)n1cc([C@@](C)(NC(=O)c2ccc3[nH]ccc3c2)C(C)C)nn1. The first kappa shape index (κ1) is 32.1. The number of nitrogens with zero attached hydrogens (tertiary/aromatic N) is 3. The van der Waals surface area contributed by atoms with E-state index in [9.17, 15) is 19.2 Å². The predicted molar refractivity (Wildman–Crippen MR) is 174 cm³/mol. The fourth-order valence-electron chi connectivity index (χ4n) is 5.51. The lowest BCUT2D eigenvalue weighted by molar-refractivity contribution is -0.136. The van der Waals surface area contributed by atoms with Crippen molar-refractivity contribution in [1.82, 2.24) is 25.3 Å². The molecule has 46 heavy (non-hydrogen) atoms. The number of carboxylic acids is 1. The van der Waals surface area contributed by atoms with Crippen LogP contribution in [-0.4, -0.2) is 42.9 Å². The zero-order chi connectivity index (χ0) is 33.2. The van der Waals surface area contributed by atoms with Gasteiger partial charge in [-0.15, -0.1) is 5.10 Å². The Kier molecular flexibility index (Phi) is 9.08. The van der Waals surface area contributed by atoms with Gasteiger partial charge >= 0.3 is 11.6 Å². The van der Waals surface area contributed by atoms with Crippen LogP contribution >= 0.6 is 0 Å². The van der Waals surface area contributed by atoms with Gasteiger partial charge in [0.25, 0.3) is 5.91 Å². The summed E-state index contributed by atoms with van der Waals surface area (Å²) in [6.07, 6.45) is 5.20. The van der Waals surface area contributed by atoms with Crippen LogP contribution in [0.1, 0.15) is 80.2 Å². The first-order chi connectivity index (χ1) is 21.9. The van der Waals surface area contributed by atoms with Crippen molar-refractivity contribution in [2.24, 2.45) is 5.92 Å². The minimum absolute atomic E-state index is 0.0627. The minimum Gasteiger partial charge on any atom is -0.481 e. The van der Waals surface area contributed by atoms with Crippen LogP contribution in [0, 0.1) is 12.8 Å². The van der Waals surface area contributed by atoms with Gasteiger partial charge in [-0.05, 0) is 68.1 Å². The van der Waals surface area contributed by atoms with Crippen molar-refractivity contribution in [3.8, 4) is 0 Å². The molecule has 3 aromatic heterocycles. The Morgan fingerprint density at radius 2 is 1.91 bits per heavy atom. The maximum absolute atomic E-state index is 13.7. The van der Waals surface area contributed by atoms with E-state index < -0.39 is 29.6 Å². The average Bonchev–Trinajstić information content (AvgIpc) is 3.69. The Balaban J connectivity index is 1.39. The van der Waals surface area contributed by atoms with Crippen molar-refractivity contribution >= 4 is 45.3 Å². The average molecular weight is 627 g/mol. The van der Waals surface area contributed by atoms with Crippen LogP contribution in [0.25, 0.3) is 21.9 Å². The molecule has 0 spiro atoms. The second kappa shape index (κ2) is 13.0. The topological polar surface area (TPSA) is 172 Å². The summed E-state index contributed by atoms with van der Waals surface area (Å²) in [5, 5.41) is 25.5. The van der Waals surface area contributed by atoms with E-state index >= 15 is 0 Å². The molecular formula is C34H38N6O6. The molecule has 0 unspecified atom stereocenters. The molecule has 0 aliphatic carbocycles. The van der Waals surface area contributed by atoms with Gasteiger partial charge in [0.2, 0.25) is 5.91 Å². The first-order valence-corrected chi connectivity index (χ1v) is 15.3. The molecule has 0 saturated heterocycles. The van der Waals surface area contributed by atoms with Crippen LogP contribution in [0.5, 0.6) is 0 Å². The molecule has 0 fully saturated rings.